The van der Waals surface area contributed by atoms with E-state index in [0.717, 1.165) is 25.5 Å². The number of nitrogen functional groups attached to an aromatic ring is 1. The average molecular weight is 295 g/mol. The Labute approximate surface area is 130 Å². The average Bonchev–Trinajstić information content (AvgIpc) is 2.56. The van der Waals surface area contributed by atoms with Gasteiger partial charge >= 0.3 is 0 Å². The summed E-state index contributed by atoms with van der Waals surface area (Å²) in [5, 5.41) is 7.47. The molecule has 5 heteroatoms. The van der Waals surface area contributed by atoms with Gasteiger partial charge in [0.2, 0.25) is 0 Å². The van der Waals surface area contributed by atoms with Gasteiger partial charge in [-0.3, -0.25) is 5.41 Å². The van der Waals surface area contributed by atoms with Crippen molar-refractivity contribution in [3.05, 3.63) is 59.8 Å². The number of nitrogens with zero attached hydrogens (tertiary/aromatic N) is 3. The molecule has 1 aromatic heterocycles. The first kappa shape index (κ1) is 14.5. The Hall–Kier alpha value is -2.40. The Morgan fingerprint density at radius 2 is 1.95 bits per heavy atom. The quantitative estimate of drug-likeness (QED) is 0.670. The Kier molecular flexibility index (Phi) is 4.06. The van der Waals surface area contributed by atoms with Crippen molar-refractivity contribution in [2.45, 2.75) is 6.04 Å². The number of piperazine rings is 1. The number of hydrogen-bond donors (Lipinski definition) is 2. The number of nitrogens with one attached hydrogen (secondary N) is 1. The molecule has 114 valence electrons. The Balaban J connectivity index is 1.90. The summed E-state index contributed by atoms with van der Waals surface area (Å²) >= 11 is 0. The molecule has 0 saturated carbocycles. The number of aromatic nitrogens is 1. The molecule has 1 aliphatic heterocycles. The van der Waals surface area contributed by atoms with Crippen molar-refractivity contribution < 1.29 is 0 Å². The topological polar surface area (TPSA) is 69.2 Å². The summed E-state index contributed by atoms with van der Waals surface area (Å²) in [6, 6.07) is 14.6. The van der Waals surface area contributed by atoms with Crippen LogP contribution < -0.4 is 10.6 Å². The zero-order chi connectivity index (χ0) is 15.5. The maximum atomic E-state index is 7.47. The van der Waals surface area contributed by atoms with Gasteiger partial charge in [-0.25, -0.2) is 4.98 Å². The molecule has 0 spiro atoms. The molecule has 5 nitrogen and oxygen atoms in total. The van der Waals surface area contributed by atoms with Crippen LogP contribution in [-0.4, -0.2) is 42.4 Å². The van der Waals surface area contributed by atoms with Crippen LogP contribution in [0.3, 0.4) is 0 Å². The SMILES string of the molecule is CN1CCN(c2ccc(C(=N)N)cn2)C(c2ccccc2)C1. The molecule has 1 saturated heterocycles. The lowest BCUT2D eigenvalue weighted by Gasteiger charge is -2.41. The lowest BCUT2D eigenvalue weighted by molar-refractivity contribution is 0.268. The van der Waals surface area contributed by atoms with E-state index in [4.69, 9.17) is 11.1 Å². The Bertz CT molecular complexity index is 638. The van der Waals surface area contributed by atoms with Crippen LogP contribution in [0.4, 0.5) is 5.82 Å². The van der Waals surface area contributed by atoms with Gasteiger partial charge in [-0.05, 0) is 24.7 Å². The van der Waals surface area contributed by atoms with Crippen molar-refractivity contribution in [2.24, 2.45) is 5.73 Å². The molecule has 22 heavy (non-hydrogen) atoms. The molecule has 1 unspecified atom stereocenters. The Morgan fingerprint density at radius 1 is 1.18 bits per heavy atom. The molecule has 3 N–H and O–H groups in total. The fourth-order valence-electron chi connectivity index (χ4n) is 2.87. The highest BCUT2D eigenvalue weighted by Gasteiger charge is 2.27. The predicted octanol–water partition coefficient (Wildman–Crippen LogP) is 1.86. The van der Waals surface area contributed by atoms with E-state index in [9.17, 15) is 0 Å². The summed E-state index contributed by atoms with van der Waals surface area (Å²) in [5.41, 5.74) is 7.46. The van der Waals surface area contributed by atoms with E-state index in [1.165, 1.54) is 5.56 Å². The van der Waals surface area contributed by atoms with Crippen molar-refractivity contribution >= 4 is 11.7 Å². The number of hydrogen-bond acceptors (Lipinski definition) is 4. The van der Waals surface area contributed by atoms with Gasteiger partial charge in [0.15, 0.2) is 0 Å². The first-order valence-electron chi connectivity index (χ1n) is 7.46. The third-order valence-corrected chi connectivity index (χ3v) is 4.12. The van der Waals surface area contributed by atoms with Crippen LogP contribution in [0, 0.1) is 5.41 Å². The zero-order valence-electron chi connectivity index (χ0n) is 12.7. The van der Waals surface area contributed by atoms with Crippen LogP contribution in [0.15, 0.2) is 48.7 Å². The van der Waals surface area contributed by atoms with E-state index in [0.29, 0.717) is 5.56 Å². The monoisotopic (exact) mass is 295 g/mol. The molecule has 0 amide bonds. The van der Waals surface area contributed by atoms with Crippen LogP contribution in [0.2, 0.25) is 0 Å². The largest absolute Gasteiger partial charge is 0.384 e. The fraction of sp³-hybridized carbons (Fsp3) is 0.294. The number of pyridine rings is 1. The van der Waals surface area contributed by atoms with Gasteiger partial charge in [0, 0.05) is 31.4 Å². The smallest absolute Gasteiger partial charge is 0.129 e. The molecular formula is C17H21N5. The normalized spacial score (nSPS) is 19.1. The standard InChI is InChI=1S/C17H21N5/c1-21-9-10-22(15(12-21)13-5-3-2-4-6-13)16-8-7-14(11-20-16)17(18)19/h2-8,11,15H,9-10,12H2,1H3,(H3,18,19). The maximum Gasteiger partial charge on any atom is 0.129 e. The maximum absolute atomic E-state index is 7.47. The minimum Gasteiger partial charge on any atom is -0.384 e. The third-order valence-electron chi connectivity index (χ3n) is 4.12. The van der Waals surface area contributed by atoms with Gasteiger partial charge in [0.1, 0.15) is 11.7 Å². The van der Waals surface area contributed by atoms with Crippen LogP contribution in [-0.2, 0) is 0 Å². The minimum atomic E-state index is 0.0528. The van der Waals surface area contributed by atoms with E-state index >= 15 is 0 Å². The Morgan fingerprint density at radius 3 is 2.59 bits per heavy atom. The minimum absolute atomic E-state index is 0.0528. The first-order valence-corrected chi connectivity index (χ1v) is 7.46. The van der Waals surface area contributed by atoms with Crippen molar-refractivity contribution in [1.82, 2.24) is 9.88 Å². The second-order valence-electron chi connectivity index (χ2n) is 5.70. The molecule has 1 fully saturated rings. The van der Waals surface area contributed by atoms with Crippen LogP contribution in [0.5, 0.6) is 0 Å². The highest BCUT2D eigenvalue weighted by molar-refractivity contribution is 5.94. The molecule has 1 atom stereocenters. The lowest BCUT2D eigenvalue weighted by atomic mass is 10.0. The van der Waals surface area contributed by atoms with Gasteiger partial charge < -0.3 is 15.5 Å². The van der Waals surface area contributed by atoms with Crippen LogP contribution in [0.25, 0.3) is 0 Å². The van der Waals surface area contributed by atoms with Gasteiger partial charge in [-0.2, -0.15) is 0 Å². The number of anilines is 1. The number of amidine groups is 1. The molecule has 1 aliphatic rings. The molecule has 0 bridgehead atoms. The van der Waals surface area contributed by atoms with Crippen molar-refractivity contribution in [3.63, 3.8) is 0 Å². The van der Waals surface area contributed by atoms with Gasteiger partial charge in [-0.1, -0.05) is 30.3 Å². The molecule has 2 aromatic rings. The van der Waals surface area contributed by atoms with E-state index in [-0.39, 0.29) is 11.9 Å². The summed E-state index contributed by atoms with van der Waals surface area (Å²) in [6.45, 7) is 2.92. The summed E-state index contributed by atoms with van der Waals surface area (Å²) < 4.78 is 0. The predicted molar refractivity (Wildman–Crippen MR) is 89.3 cm³/mol. The number of nitrogens with two attached hydrogens (primary N) is 1. The van der Waals surface area contributed by atoms with Crippen molar-refractivity contribution in [1.29, 1.82) is 5.41 Å². The van der Waals surface area contributed by atoms with E-state index in [1.807, 2.05) is 18.2 Å². The summed E-state index contributed by atoms with van der Waals surface area (Å²) in [4.78, 5) is 9.19. The van der Waals surface area contributed by atoms with Gasteiger partial charge in [-0.15, -0.1) is 0 Å². The summed E-state index contributed by atoms with van der Waals surface area (Å²) in [5.74, 6) is 0.990. The molecular weight excluding hydrogens is 274 g/mol. The highest BCUT2D eigenvalue weighted by atomic mass is 15.3. The fourth-order valence-corrected chi connectivity index (χ4v) is 2.87. The van der Waals surface area contributed by atoms with Crippen LogP contribution in [0.1, 0.15) is 17.2 Å². The second-order valence-corrected chi connectivity index (χ2v) is 5.70. The molecule has 1 aromatic carbocycles. The summed E-state index contributed by atoms with van der Waals surface area (Å²) in [7, 11) is 2.15. The molecule has 0 radical (unpaired) electrons. The van der Waals surface area contributed by atoms with Crippen molar-refractivity contribution in [2.75, 3.05) is 31.6 Å². The number of rotatable bonds is 3. The molecule has 0 aliphatic carbocycles. The number of likely N-dealkylation sites (N-methyl/N-ethyl adjacent to an activating group) is 1. The van der Waals surface area contributed by atoms with Gasteiger partial charge in [0.25, 0.3) is 0 Å². The lowest BCUT2D eigenvalue weighted by Crippen LogP contribution is -2.47. The summed E-state index contributed by atoms with van der Waals surface area (Å²) in [6.07, 6.45) is 1.68. The van der Waals surface area contributed by atoms with E-state index in [1.54, 1.807) is 6.20 Å². The van der Waals surface area contributed by atoms with Gasteiger partial charge in [0.05, 0.1) is 6.04 Å². The van der Waals surface area contributed by atoms with E-state index in [2.05, 4.69) is 46.1 Å². The first-order chi connectivity index (χ1) is 10.6. The number of benzene rings is 1. The zero-order valence-corrected chi connectivity index (χ0v) is 12.7. The van der Waals surface area contributed by atoms with E-state index < -0.39 is 0 Å². The second kappa shape index (κ2) is 6.15. The highest BCUT2D eigenvalue weighted by Crippen LogP contribution is 2.29. The van der Waals surface area contributed by atoms with Crippen molar-refractivity contribution in [3.8, 4) is 0 Å². The third kappa shape index (κ3) is 2.94. The molecule has 3 rings (SSSR count). The van der Waals surface area contributed by atoms with Crippen LogP contribution >= 0.6 is 0 Å². The molecule has 2 heterocycles.